The standard InChI is InChI=1S/C10H15NO.ClH/c1-2-3-7-12-10-6-4-5-9(11)8-10;/h4-6,8H,2-3,7,11H2,1H3;1H. The minimum absolute atomic E-state index is 0. The summed E-state index contributed by atoms with van der Waals surface area (Å²) in [6, 6.07) is 7.52. The van der Waals surface area contributed by atoms with Gasteiger partial charge in [0.25, 0.3) is 0 Å². The van der Waals surface area contributed by atoms with E-state index >= 15 is 0 Å². The first-order chi connectivity index (χ1) is 5.83. The Kier molecular flexibility index (Phi) is 6.15. The SMILES string of the molecule is CCCCOc1cccc(N)c1.Cl. The second-order valence-corrected chi connectivity index (χ2v) is 2.77. The van der Waals surface area contributed by atoms with E-state index in [1.807, 2.05) is 24.3 Å². The lowest BCUT2D eigenvalue weighted by Crippen LogP contribution is -1.96. The number of nitrogens with two attached hydrogens (primary N) is 1. The molecule has 0 amide bonds. The number of hydrogen-bond acceptors (Lipinski definition) is 2. The molecule has 0 aliphatic rings. The fraction of sp³-hybridized carbons (Fsp3) is 0.400. The summed E-state index contributed by atoms with van der Waals surface area (Å²) in [6.45, 7) is 2.92. The molecule has 0 fully saturated rings. The Morgan fingerprint density at radius 1 is 1.38 bits per heavy atom. The lowest BCUT2D eigenvalue weighted by atomic mass is 10.3. The average molecular weight is 202 g/mol. The highest BCUT2D eigenvalue weighted by Gasteiger charge is 1.92. The van der Waals surface area contributed by atoms with Crippen molar-refractivity contribution < 1.29 is 4.74 Å². The molecule has 0 atom stereocenters. The lowest BCUT2D eigenvalue weighted by Gasteiger charge is -2.04. The molecule has 0 aromatic heterocycles. The normalized spacial score (nSPS) is 9.00. The minimum atomic E-state index is 0. The zero-order chi connectivity index (χ0) is 8.81. The minimum Gasteiger partial charge on any atom is -0.494 e. The second-order valence-electron chi connectivity index (χ2n) is 2.77. The summed E-state index contributed by atoms with van der Waals surface area (Å²) in [6.07, 6.45) is 2.25. The van der Waals surface area contributed by atoms with Gasteiger partial charge in [0.2, 0.25) is 0 Å². The van der Waals surface area contributed by atoms with Gasteiger partial charge in [0.05, 0.1) is 6.61 Å². The fourth-order valence-corrected chi connectivity index (χ4v) is 0.939. The van der Waals surface area contributed by atoms with Crippen LogP contribution in [0.2, 0.25) is 0 Å². The Morgan fingerprint density at radius 3 is 2.77 bits per heavy atom. The number of ether oxygens (including phenoxy) is 1. The highest BCUT2D eigenvalue weighted by atomic mass is 35.5. The smallest absolute Gasteiger partial charge is 0.121 e. The van der Waals surface area contributed by atoms with Crippen molar-refractivity contribution in [2.24, 2.45) is 0 Å². The molecule has 0 bridgehead atoms. The molecule has 2 N–H and O–H groups in total. The summed E-state index contributed by atoms with van der Waals surface area (Å²) in [5, 5.41) is 0. The molecule has 1 aromatic rings. The van der Waals surface area contributed by atoms with Crippen molar-refractivity contribution in [3.8, 4) is 5.75 Å². The van der Waals surface area contributed by atoms with Gasteiger partial charge < -0.3 is 10.5 Å². The van der Waals surface area contributed by atoms with Gasteiger partial charge in [0.1, 0.15) is 5.75 Å². The third-order valence-electron chi connectivity index (χ3n) is 1.62. The van der Waals surface area contributed by atoms with Crippen molar-refractivity contribution in [3.05, 3.63) is 24.3 Å². The molecule has 0 aliphatic carbocycles. The maximum absolute atomic E-state index is 5.58. The molecule has 1 aromatic carbocycles. The molecule has 0 radical (unpaired) electrons. The van der Waals surface area contributed by atoms with E-state index in [1.54, 1.807) is 0 Å². The number of nitrogen functional groups attached to an aromatic ring is 1. The Balaban J connectivity index is 0.00000144. The first-order valence-corrected chi connectivity index (χ1v) is 4.31. The molecule has 1 rings (SSSR count). The Hall–Kier alpha value is -0.890. The highest BCUT2D eigenvalue weighted by molar-refractivity contribution is 5.85. The van der Waals surface area contributed by atoms with Gasteiger partial charge >= 0.3 is 0 Å². The second kappa shape index (κ2) is 6.61. The van der Waals surface area contributed by atoms with E-state index in [1.165, 1.54) is 0 Å². The van der Waals surface area contributed by atoms with Gasteiger partial charge in [-0.3, -0.25) is 0 Å². The molecule has 3 heteroatoms. The molecule has 74 valence electrons. The largest absolute Gasteiger partial charge is 0.494 e. The summed E-state index contributed by atoms with van der Waals surface area (Å²) in [7, 11) is 0. The Labute approximate surface area is 85.5 Å². The average Bonchev–Trinajstić information content (AvgIpc) is 2.05. The third kappa shape index (κ3) is 4.63. The van der Waals surface area contributed by atoms with Crippen molar-refractivity contribution in [2.45, 2.75) is 19.8 Å². The molecule has 0 unspecified atom stereocenters. The maximum atomic E-state index is 5.58. The van der Waals surface area contributed by atoms with Gasteiger partial charge in [-0.2, -0.15) is 0 Å². The Bertz CT molecular complexity index is 240. The van der Waals surface area contributed by atoms with Gasteiger partial charge in [-0.25, -0.2) is 0 Å². The first kappa shape index (κ1) is 12.1. The summed E-state index contributed by atoms with van der Waals surface area (Å²) >= 11 is 0. The van der Waals surface area contributed by atoms with E-state index in [9.17, 15) is 0 Å². The van der Waals surface area contributed by atoms with Gasteiger partial charge in [-0.15, -0.1) is 12.4 Å². The van der Waals surface area contributed by atoms with Crippen molar-refractivity contribution in [1.82, 2.24) is 0 Å². The summed E-state index contributed by atoms with van der Waals surface area (Å²) in [5.41, 5.74) is 6.34. The molecule has 0 aliphatic heterocycles. The molecule has 0 heterocycles. The molecular weight excluding hydrogens is 186 g/mol. The van der Waals surface area contributed by atoms with Crippen LogP contribution in [0.4, 0.5) is 5.69 Å². The molecule has 2 nitrogen and oxygen atoms in total. The molecule has 13 heavy (non-hydrogen) atoms. The zero-order valence-electron chi connectivity index (χ0n) is 7.82. The van der Waals surface area contributed by atoms with E-state index in [0.717, 1.165) is 30.9 Å². The van der Waals surface area contributed by atoms with Crippen molar-refractivity contribution in [3.63, 3.8) is 0 Å². The third-order valence-corrected chi connectivity index (χ3v) is 1.62. The predicted molar refractivity (Wildman–Crippen MR) is 58.5 cm³/mol. The van der Waals surface area contributed by atoms with Crippen LogP contribution in [0.5, 0.6) is 5.75 Å². The van der Waals surface area contributed by atoms with Crippen molar-refractivity contribution in [1.29, 1.82) is 0 Å². The summed E-state index contributed by atoms with van der Waals surface area (Å²) in [4.78, 5) is 0. The molecular formula is C10H16ClNO. The highest BCUT2D eigenvalue weighted by Crippen LogP contribution is 2.14. The molecule has 0 saturated heterocycles. The van der Waals surface area contributed by atoms with Crippen LogP contribution in [0.1, 0.15) is 19.8 Å². The van der Waals surface area contributed by atoms with Crippen LogP contribution in [0.3, 0.4) is 0 Å². The van der Waals surface area contributed by atoms with Crippen LogP contribution in [-0.2, 0) is 0 Å². The van der Waals surface area contributed by atoms with E-state index in [2.05, 4.69) is 6.92 Å². The van der Waals surface area contributed by atoms with Gasteiger partial charge in [0.15, 0.2) is 0 Å². The van der Waals surface area contributed by atoms with Crippen LogP contribution in [0.15, 0.2) is 24.3 Å². The quantitative estimate of drug-likeness (QED) is 0.601. The molecule has 0 saturated carbocycles. The number of anilines is 1. The van der Waals surface area contributed by atoms with Crippen LogP contribution < -0.4 is 10.5 Å². The number of unbranched alkanes of at least 4 members (excludes halogenated alkanes) is 1. The van der Waals surface area contributed by atoms with E-state index in [-0.39, 0.29) is 12.4 Å². The maximum Gasteiger partial charge on any atom is 0.121 e. The summed E-state index contributed by atoms with van der Waals surface area (Å²) in [5.74, 6) is 0.864. The number of hydrogen-bond donors (Lipinski definition) is 1. The Morgan fingerprint density at radius 2 is 2.15 bits per heavy atom. The van der Waals surface area contributed by atoms with Crippen LogP contribution in [0, 0.1) is 0 Å². The fourth-order valence-electron chi connectivity index (χ4n) is 0.939. The van der Waals surface area contributed by atoms with E-state index in [4.69, 9.17) is 10.5 Å². The number of benzene rings is 1. The van der Waals surface area contributed by atoms with Gasteiger partial charge in [0, 0.05) is 11.8 Å². The van der Waals surface area contributed by atoms with Gasteiger partial charge in [-0.05, 0) is 18.6 Å². The van der Waals surface area contributed by atoms with E-state index in [0.29, 0.717) is 0 Å². The zero-order valence-corrected chi connectivity index (χ0v) is 8.64. The van der Waals surface area contributed by atoms with Gasteiger partial charge in [-0.1, -0.05) is 19.4 Å². The first-order valence-electron chi connectivity index (χ1n) is 4.31. The summed E-state index contributed by atoms with van der Waals surface area (Å²) < 4.78 is 5.45. The van der Waals surface area contributed by atoms with Crippen LogP contribution in [-0.4, -0.2) is 6.61 Å². The predicted octanol–water partition coefficient (Wildman–Crippen LogP) is 2.87. The van der Waals surface area contributed by atoms with Crippen LogP contribution in [0.25, 0.3) is 0 Å². The topological polar surface area (TPSA) is 35.2 Å². The van der Waals surface area contributed by atoms with E-state index < -0.39 is 0 Å². The number of rotatable bonds is 4. The molecule has 0 spiro atoms. The van der Waals surface area contributed by atoms with Crippen molar-refractivity contribution >= 4 is 18.1 Å². The number of halogens is 1. The van der Waals surface area contributed by atoms with Crippen LogP contribution >= 0.6 is 12.4 Å². The van der Waals surface area contributed by atoms with Crippen molar-refractivity contribution in [2.75, 3.05) is 12.3 Å². The monoisotopic (exact) mass is 201 g/mol. The lowest BCUT2D eigenvalue weighted by molar-refractivity contribution is 0.309.